The van der Waals surface area contributed by atoms with Gasteiger partial charge in [-0.15, -0.1) is 0 Å². The fourth-order valence-electron chi connectivity index (χ4n) is 4.62. The molecule has 1 saturated heterocycles. The molecule has 9 heteroatoms. The number of piperidine rings is 1. The number of rotatable bonds is 7. The molecule has 0 saturated carbocycles. The van der Waals surface area contributed by atoms with Gasteiger partial charge < -0.3 is 24.6 Å². The number of ether oxygens (including phenoxy) is 2. The first kappa shape index (κ1) is 23.8. The maximum absolute atomic E-state index is 6.60. The van der Waals surface area contributed by atoms with Crippen LogP contribution < -0.4 is 19.7 Å². The molecule has 3 aromatic carbocycles. The van der Waals surface area contributed by atoms with Gasteiger partial charge in [-0.25, -0.2) is 9.97 Å². The monoisotopic (exact) mass is 518 g/mol. The van der Waals surface area contributed by atoms with Crippen molar-refractivity contribution in [2.24, 2.45) is 0 Å². The molecule has 0 bridgehead atoms. The molecule has 1 N–H and O–H groups in total. The standard InChI is InChI=1S/C28H27ClN4O4/c1-33-11-9-20(10-12-33)36-24-14-21(34-15-18-5-3-2-4-6-18)13-23-25(24)28(31-17-30-23)32-26-22(29)8-7-19-16-35-37-27(19)26/h2-8,13-14,17,20H,9-12,15-16H2,1H3,(H,30,31,32). The highest BCUT2D eigenvalue weighted by Gasteiger charge is 2.24. The number of likely N-dealkylation sites (tertiary alicyclic amines) is 1. The Morgan fingerprint density at radius 1 is 1.08 bits per heavy atom. The molecule has 1 aromatic heterocycles. The first-order valence-corrected chi connectivity index (χ1v) is 12.7. The van der Waals surface area contributed by atoms with Crippen molar-refractivity contribution in [3.05, 3.63) is 77.1 Å². The summed E-state index contributed by atoms with van der Waals surface area (Å²) in [6.45, 7) is 2.77. The molecular weight excluding hydrogens is 492 g/mol. The first-order chi connectivity index (χ1) is 18.1. The van der Waals surface area contributed by atoms with Crippen molar-refractivity contribution in [3.8, 4) is 17.2 Å². The molecule has 1 fully saturated rings. The van der Waals surface area contributed by atoms with E-state index >= 15 is 0 Å². The Balaban J connectivity index is 1.38. The van der Waals surface area contributed by atoms with Crippen LogP contribution in [0.3, 0.4) is 0 Å². The normalized spacial score (nSPS) is 15.8. The predicted octanol–water partition coefficient (Wildman–Crippen LogP) is 5.90. The van der Waals surface area contributed by atoms with Crippen LogP contribution in [0.2, 0.25) is 5.02 Å². The number of nitrogens with one attached hydrogen (secondary N) is 1. The second-order valence-electron chi connectivity index (χ2n) is 9.31. The maximum Gasteiger partial charge on any atom is 0.196 e. The summed E-state index contributed by atoms with van der Waals surface area (Å²) in [4.78, 5) is 22.0. The van der Waals surface area contributed by atoms with E-state index in [4.69, 9.17) is 30.8 Å². The molecule has 2 aliphatic rings. The summed E-state index contributed by atoms with van der Waals surface area (Å²) in [5.41, 5.74) is 3.28. The third kappa shape index (κ3) is 5.13. The fraction of sp³-hybridized carbons (Fsp3) is 0.286. The van der Waals surface area contributed by atoms with Gasteiger partial charge in [0, 0.05) is 30.8 Å². The lowest BCUT2D eigenvalue weighted by atomic mass is 10.1. The summed E-state index contributed by atoms with van der Waals surface area (Å²) in [5.74, 6) is 2.46. The summed E-state index contributed by atoms with van der Waals surface area (Å²) in [6.07, 6.45) is 3.47. The lowest BCUT2D eigenvalue weighted by Gasteiger charge is -2.30. The van der Waals surface area contributed by atoms with E-state index < -0.39 is 0 Å². The lowest BCUT2D eigenvalue weighted by Crippen LogP contribution is -2.35. The highest BCUT2D eigenvalue weighted by Crippen LogP contribution is 2.43. The highest BCUT2D eigenvalue weighted by molar-refractivity contribution is 6.33. The lowest BCUT2D eigenvalue weighted by molar-refractivity contribution is -0.194. The summed E-state index contributed by atoms with van der Waals surface area (Å²) in [6, 6.07) is 17.6. The van der Waals surface area contributed by atoms with Crippen LogP contribution in [-0.4, -0.2) is 41.1 Å². The number of benzene rings is 3. The van der Waals surface area contributed by atoms with E-state index in [0.29, 0.717) is 52.5 Å². The molecule has 190 valence electrons. The second kappa shape index (κ2) is 10.4. The van der Waals surface area contributed by atoms with Crippen molar-refractivity contribution in [2.45, 2.75) is 32.2 Å². The minimum atomic E-state index is 0.0816. The van der Waals surface area contributed by atoms with Gasteiger partial charge in [-0.2, -0.15) is 4.89 Å². The zero-order chi connectivity index (χ0) is 25.2. The first-order valence-electron chi connectivity index (χ1n) is 12.3. The Bertz CT molecular complexity index is 1410. The molecular formula is C28H27ClN4O4. The SMILES string of the molecule is CN1CCC(Oc2cc(OCc3ccccc3)cc3ncnc(Nc4c(Cl)ccc5c4OOC5)c23)CC1. The minimum absolute atomic E-state index is 0.0816. The summed E-state index contributed by atoms with van der Waals surface area (Å²) in [7, 11) is 2.13. The molecule has 8 nitrogen and oxygen atoms in total. The second-order valence-corrected chi connectivity index (χ2v) is 9.72. The van der Waals surface area contributed by atoms with Crippen LogP contribution in [0, 0.1) is 0 Å². The van der Waals surface area contributed by atoms with Gasteiger partial charge in [0.05, 0.1) is 15.9 Å². The molecule has 37 heavy (non-hydrogen) atoms. The molecule has 0 unspecified atom stereocenters. The zero-order valence-electron chi connectivity index (χ0n) is 20.4. The third-order valence-electron chi connectivity index (χ3n) is 6.67. The molecule has 6 rings (SSSR count). The minimum Gasteiger partial charge on any atom is -0.489 e. The molecule has 0 aliphatic carbocycles. The Kier molecular flexibility index (Phi) is 6.70. The maximum atomic E-state index is 6.60. The molecule has 3 heterocycles. The van der Waals surface area contributed by atoms with E-state index in [-0.39, 0.29) is 6.10 Å². The quantitative estimate of drug-likeness (QED) is 0.303. The smallest absolute Gasteiger partial charge is 0.196 e. The Morgan fingerprint density at radius 2 is 1.92 bits per heavy atom. The van der Waals surface area contributed by atoms with Crippen molar-refractivity contribution < 1.29 is 19.2 Å². The summed E-state index contributed by atoms with van der Waals surface area (Å²) < 4.78 is 12.8. The molecule has 0 atom stereocenters. The van der Waals surface area contributed by atoms with Gasteiger partial charge in [0.25, 0.3) is 0 Å². The van der Waals surface area contributed by atoms with Crippen molar-refractivity contribution in [1.82, 2.24) is 14.9 Å². The van der Waals surface area contributed by atoms with Crippen LogP contribution in [0.1, 0.15) is 24.0 Å². The van der Waals surface area contributed by atoms with Crippen molar-refractivity contribution in [3.63, 3.8) is 0 Å². The van der Waals surface area contributed by atoms with Gasteiger partial charge >= 0.3 is 0 Å². The van der Waals surface area contributed by atoms with Crippen molar-refractivity contribution in [2.75, 3.05) is 25.5 Å². The van der Waals surface area contributed by atoms with E-state index in [1.807, 2.05) is 54.6 Å². The van der Waals surface area contributed by atoms with E-state index in [9.17, 15) is 0 Å². The van der Waals surface area contributed by atoms with Gasteiger partial charge in [-0.3, -0.25) is 0 Å². The fourth-order valence-corrected chi connectivity index (χ4v) is 4.82. The Hall–Kier alpha value is -3.59. The Labute approximate surface area is 220 Å². The molecule has 4 aromatic rings. The molecule has 2 aliphatic heterocycles. The zero-order valence-corrected chi connectivity index (χ0v) is 21.2. The number of hydrogen-bond acceptors (Lipinski definition) is 8. The molecule has 0 amide bonds. The van der Waals surface area contributed by atoms with E-state index in [1.54, 1.807) is 0 Å². The number of halogens is 1. The largest absolute Gasteiger partial charge is 0.489 e. The van der Waals surface area contributed by atoms with Crippen molar-refractivity contribution in [1.29, 1.82) is 0 Å². The van der Waals surface area contributed by atoms with Crippen LogP contribution in [0.15, 0.2) is 60.9 Å². The number of fused-ring (bicyclic) bond motifs is 2. The highest BCUT2D eigenvalue weighted by atomic mass is 35.5. The average Bonchev–Trinajstić information content (AvgIpc) is 3.40. The number of anilines is 2. The number of aromatic nitrogens is 2. The van der Waals surface area contributed by atoms with Gasteiger partial charge in [-0.05, 0) is 31.5 Å². The number of hydrogen-bond donors (Lipinski definition) is 1. The van der Waals surface area contributed by atoms with Gasteiger partial charge in [0.1, 0.15) is 48.6 Å². The van der Waals surface area contributed by atoms with E-state index in [0.717, 1.165) is 42.4 Å². The van der Waals surface area contributed by atoms with Gasteiger partial charge in [-0.1, -0.05) is 48.0 Å². The average molecular weight is 519 g/mol. The molecule has 0 spiro atoms. The van der Waals surface area contributed by atoms with Gasteiger partial charge in [0.2, 0.25) is 0 Å². The summed E-state index contributed by atoms with van der Waals surface area (Å²) >= 11 is 6.55. The van der Waals surface area contributed by atoms with Crippen molar-refractivity contribution >= 4 is 34.0 Å². The van der Waals surface area contributed by atoms with E-state index in [2.05, 4.69) is 27.2 Å². The van der Waals surface area contributed by atoms with Gasteiger partial charge in [0.15, 0.2) is 5.75 Å². The van der Waals surface area contributed by atoms with E-state index in [1.165, 1.54) is 6.33 Å². The Morgan fingerprint density at radius 3 is 2.76 bits per heavy atom. The summed E-state index contributed by atoms with van der Waals surface area (Å²) in [5, 5.41) is 4.61. The van der Waals surface area contributed by atoms with Crippen LogP contribution in [0.4, 0.5) is 11.5 Å². The van der Waals surface area contributed by atoms with Crippen LogP contribution >= 0.6 is 11.6 Å². The topological polar surface area (TPSA) is 78.0 Å². The predicted molar refractivity (Wildman–Crippen MR) is 142 cm³/mol. The third-order valence-corrected chi connectivity index (χ3v) is 6.99. The molecule has 0 radical (unpaired) electrons. The number of nitrogens with zero attached hydrogens (tertiary/aromatic N) is 3. The van der Waals surface area contributed by atoms with Crippen LogP contribution in [0.5, 0.6) is 17.2 Å². The van der Waals surface area contributed by atoms with Crippen LogP contribution in [0.25, 0.3) is 10.9 Å². The van der Waals surface area contributed by atoms with Crippen LogP contribution in [-0.2, 0) is 18.1 Å².